The van der Waals surface area contributed by atoms with Crippen LogP contribution in [0.2, 0.25) is 0 Å². The summed E-state index contributed by atoms with van der Waals surface area (Å²) in [5.74, 6) is 0.527. The molecule has 0 unspecified atom stereocenters. The van der Waals surface area contributed by atoms with Gasteiger partial charge in [-0.3, -0.25) is 0 Å². The Morgan fingerprint density at radius 2 is 2.00 bits per heavy atom. The van der Waals surface area contributed by atoms with Crippen molar-refractivity contribution >= 4 is 5.97 Å². The minimum atomic E-state index is -0.322. The zero-order valence-corrected chi connectivity index (χ0v) is 11.5. The Labute approximate surface area is 113 Å². The lowest BCUT2D eigenvalue weighted by Gasteiger charge is -2.07. The smallest absolute Gasteiger partial charge is 0.332 e. The van der Waals surface area contributed by atoms with E-state index < -0.39 is 0 Å². The monoisotopic (exact) mass is 267 g/mol. The minimum absolute atomic E-state index is 0.0120. The number of methoxy groups -OCH3 is 1. The Morgan fingerprint density at radius 3 is 2.63 bits per heavy atom. The van der Waals surface area contributed by atoms with Crippen LogP contribution in [0.5, 0.6) is 5.75 Å². The third-order valence-corrected chi connectivity index (χ3v) is 2.44. The number of nitrogens with one attached hydrogen (secondary N) is 1. The third kappa shape index (κ3) is 6.79. The normalized spacial score (nSPS) is 10.2. The molecule has 0 bridgehead atoms. The number of hydrogen-bond donors (Lipinski definition) is 1. The van der Waals surface area contributed by atoms with E-state index in [4.69, 9.17) is 14.2 Å². The van der Waals surface area contributed by atoms with Crippen LogP contribution in [-0.4, -0.2) is 39.4 Å². The Balaban J connectivity index is 2.05. The summed E-state index contributed by atoms with van der Waals surface area (Å²) in [5.41, 5.74) is 1.17. The first kappa shape index (κ1) is 15.5. The van der Waals surface area contributed by atoms with E-state index in [2.05, 4.69) is 5.32 Å². The quantitative estimate of drug-likeness (QED) is 0.541. The van der Waals surface area contributed by atoms with Gasteiger partial charge < -0.3 is 19.5 Å². The maximum atomic E-state index is 11.0. The zero-order valence-electron chi connectivity index (χ0n) is 11.5. The molecule has 0 aliphatic heterocycles. The highest BCUT2D eigenvalue weighted by Gasteiger charge is 2.00. The highest BCUT2D eigenvalue weighted by Crippen LogP contribution is 2.10. The fraction of sp³-hybridized carbons (Fsp3) is 0.500. The summed E-state index contributed by atoms with van der Waals surface area (Å²) in [7, 11) is 1.65. The Kier molecular flexibility index (Phi) is 7.62. The number of carbonyl (C=O) groups is 1. The summed E-state index contributed by atoms with van der Waals surface area (Å²) < 4.78 is 15.0. The van der Waals surface area contributed by atoms with Gasteiger partial charge >= 0.3 is 5.97 Å². The second-order valence-corrected chi connectivity index (χ2v) is 3.88. The van der Waals surface area contributed by atoms with Gasteiger partial charge in [-0.15, -0.1) is 0 Å². The van der Waals surface area contributed by atoms with Crippen LogP contribution < -0.4 is 10.1 Å². The minimum Gasteiger partial charge on any atom is -0.497 e. The predicted molar refractivity (Wildman–Crippen MR) is 72.2 cm³/mol. The van der Waals surface area contributed by atoms with E-state index in [-0.39, 0.29) is 12.6 Å². The van der Waals surface area contributed by atoms with Gasteiger partial charge in [0.25, 0.3) is 0 Å². The summed E-state index contributed by atoms with van der Waals surface area (Å²) in [5, 5.41) is 3.23. The fourth-order valence-electron chi connectivity index (χ4n) is 1.48. The van der Waals surface area contributed by atoms with E-state index >= 15 is 0 Å². The molecule has 0 aromatic heterocycles. The molecule has 5 nitrogen and oxygen atoms in total. The van der Waals surface area contributed by atoms with Crippen LogP contribution in [0.15, 0.2) is 24.3 Å². The number of rotatable bonds is 9. The third-order valence-electron chi connectivity index (χ3n) is 2.44. The highest BCUT2D eigenvalue weighted by atomic mass is 16.6. The maximum Gasteiger partial charge on any atom is 0.332 e. The first-order valence-corrected chi connectivity index (χ1v) is 6.33. The lowest BCUT2D eigenvalue weighted by atomic mass is 10.2. The van der Waals surface area contributed by atoms with Crippen LogP contribution in [0.3, 0.4) is 0 Å². The van der Waals surface area contributed by atoms with Gasteiger partial charge in [0.2, 0.25) is 0 Å². The van der Waals surface area contributed by atoms with Crippen LogP contribution in [0, 0.1) is 0 Å². The molecular weight excluding hydrogens is 246 g/mol. The number of esters is 1. The van der Waals surface area contributed by atoms with Gasteiger partial charge in [0.15, 0.2) is 0 Å². The molecule has 0 fully saturated rings. The molecule has 0 saturated carbocycles. The highest BCUT2D eigenvalue weighted by molar-refractivity contribution is 5.70. The molecule has 0 atom stereocenters. The number of ether oxygens (including phenoxy) is 3. The second-order valence-electron chi connectivity index (χ2n) is 3.88. The molecule has 0 aliphatic rings. The molecule has 0 aliphatic carbocycles. The summed E-state index contributed by atoms with van der Waals surface area (Å²) in [6.07, 6.45) is 0. The van der Waals surface area contributed by atoms with Gasteiger partial charge in [0.1, 0.15) is 12.4 Å². The van der Waals surface area contributed by atoms with E-state index in [0.717, 1.165) is 12.3 Å². The molecule has 0 saturated heterocycles. The van der Waals surface area contributed by atoms with Crippen molar-refractivity contribution in [2.75, 3.05) is 33.5 Å². The van der Waals surface area contributed by atoms with Crippen molar-refractivity contribution in [2.45, 2.75) is 13.5 Å². The molecular formula is C14H21NO4. The first-order chi connectivity index (χ1) is 9.26. The lowest BCUT2D eigenvalue weighted by molar-refractivity contribution is -0.148. The largest absolute Gasteiger partial charge is 0.497 e. The van der Waals surface area contributed by atoms with Gasteiger partial charge in [-0.25, -0.2) is 4.79 Å². The standard InChI is InChI=1S/C14H21NO4/c1-3-19-14(16)11-18-9-8-15-10-12-4-6-13(17-2)7-5-12/h4-7,15H,3,8-11H2,1-2H3. The molecule has 1 N–H and O–H groups in total. The van der Waals surface area contributed by atoms with Gasteiger partial charge in [-0.2, -0.15) is 0 Å². The van der Waals surface area contributed by atoms with Crippen LogP contribution in [0.1, 0.15) is 12.5 Å². The molecule has 19 heavy (non-hydrogen) atoms. The molecule has 106 valence electrons. The molecule has 0 spiro atoms. The van der Waals surface area contributed by atoms with E-state index in [9.17, 15) is 4.79 Å². The number of benzene rings is 1. The molecule has 0 radical (unpaired) electrons. The van der Waals surface area contributed by atoms with Crippen molar-refractivity contribution < 1.29 is 19.0 Å². The topological polar surface area (TPSA) is 56.8 Å². The van der Waals surface area contributed by atoms with Gasteiger partial charge in [0.05, 0.1) is 20.3 Å². The zero-order chi connectivity index (χ0) is 13.9. The molecule has 1 aromatic carbocycles. The van der Waals surface area contributed by atoms with Gasteiger partial charge in [0, 0.05) is 13.1 Å². The van der Waals surface area contributed by atoms with Crippen molar-refractivity contribution in [3.05, 3.63) is 29.8 Å². The lowest BCUT2D eigenvalue weighted by Crippen LogP contribution is -2.21. The average molecular weight is 267 g/mol. The Morgan fingerprint density at radius 1 is 1.26 bits per heavy atom. The Bertz CT molecular complexity index is 364. The van der Waals surface area contributed by atoms with Crippen LogP contribution in [0.25, 0.3) is 0 Å². The molecule has 1 aromatic rings. The predicted octanol–water partition coefficient (Wildman–Crippen LogP) is 1.36. The van der Waals surface area contributed by atoms with Crippen molar-refractivity contribution in [1.29, 1.82) is 0 Å². The van der Waals surface area contributed by atoms with E-state index in [0.29, 0.717) is 19.8 Å². The van der Waals surface area contributed by atoms with Crippen LogP contribution >= 0.6 is 0 Å². The van der Waals surface area contributed by atoms with Crippen molar-refractivity contribution in [3.8, 4) is 5.75 Å². The summed E-state index contributed by atoms with van der Waals surface area (Å²) in [6, 6.07) is 7.86. The van der Waals surface area contributed by atoms with Crippen molar-refractivity contribution in [2.24, 2.45) is 0 Å². The van der Waals surface area contributed by atoms with E-state index in [1.54, 1.807) is 14.0 Å². The average Bonchev–Trinajstić information content (AvgIpc) is 2.43. The molecule has 0 amide bonds. The maximum absolute atomic E-state index is 11.0. The summed E-state index contributed by atoms with van der Waals surface area (Å²) in [6.45, 7) is 4.09. The molecule has 0 heterocycles. The summed E-state index contributed by atoms with van der Waals surface area (Å²) >= 11 is 0. The fourth-order valence-corrected chi connectivity index (χ4v) is 1.48. The van der Waals surface area contributed by atoms with Crippen molar-refractivity contribution in [1.82, 2.24) is 5.32 Å². The van der Waals surface area contributed by atoms with E-state index in [1.165, 1.54) is 5.56 Å². The van der Waals surface area contributed by atoms with Gasteiger partial charge in [-0.1, -0.05) is 12.1 Å². The number of carbonyl (C=O) groups excluding carboxylic acids is 1. The molecule has 5 heteroatoms. The van der Waals surface area contributed by atoms with Gasteiger partial charge in [-0.05, 0) is 24.6 Å². The molecule has 1 rings (SSSR count). The Hall–Kier alpha value is -1.59. The van der Waals surface area contributed by atoms with Crippen LogP contribution in [0.4, 0.5) is 0 Å². The van der Waals surface area contributed by atoms with Crippen LogP contribution in [-0.2, 0) is 20.8 Å². The second kappa shape index (κ2) is 9.35. The summed E-state index contributed by atoms with van der Waals surface area (Å²) in [4.78, 5) is 11.0. The van der Waals surface area contributed by atoms with E-state index in [1.807, 2.05) is 24.3 Å². The number of hydrogen-bond acceptors (Lipinski definition) is 5. The first-order valence-electron chi connectivity index (χ1n) is 6.33. The van der Waals surface area contributed by atoms with Crippen molar-refractivity contribution in [3.63, 3.8) is 0 Å². The SMILES string of the molecule is CCOC(=O)COCCNCc1ccc(OC)cc1.